The van der Waals surface area contributed by atoms with Crippen molar-refractivity contribution in [2.75, 3.05) is 20.6 Å². The molecule has 138 valence electrons. The molecule has 3 aromatic heterocycles. The molecule has 4 rings (SSSR count). The molecule has 0 N–H and O–H groups in total. The van der Waals surface area contributed by atoms with Gasteiger partial charge in [-0.1, -0.05) is 6.07 Å². The lowest BCUT2D eigenvalue weighted by Gasteiger charge is -2.12. The lowest BCUT2D eigenvalue weighted by Crippen LogP contribution is -2.21. The van der Waals surface area contributed by atoms with Crippen LogP contribution >= 0.6 is 11.3 Å². The van der Waals surface area contributed by atoms with Crippen LogP contribution in [-0.4, -0.2) is 39.7 Å². The second kappa shape index (κ2) is 7.50. The summed E-state index contributed by atoms with van der Waals surface area (Å²) >= 11 is 1.67. The highest BCUT2D eigenvalue weighted by Crippen LogP contribution is 2.25. The van der Waals surface area contributed by atoms with E-state index < -0.39 is 0 Å². The summed E-state index contributed by atoms with van der Waals surface area (Å²) in [7, 11) is 4.09. The van der Waals surface area contributed by atoms with Gasteiger partial charge in [0.05, 0.1) is 16.7 Å². The van der Waals surface area contributed by atoms with Crippen LogP contribution in [0.1, 0.15) is 6.42 Å². The summed E-state index contributed by atoms with van der Waals surface area (Å²) in [6.45, 7) is 1.68. The zero-order valence-corrected chi connectivity index (χ0v) is 16.3. The second-order valence-corrected chi connectivity index (χ2v) is 7.69. The summed E-state index contributed by atoms with van der Waals surface area (Å²) in [5.41, 5.74) is 5.30. The van der Waals surface area contributed by atoms with E-state index in [4.69, 9.17) is 0 Å². The molecule has 0 saturated carbocycles. The molecule has 0 radical (unpaired) electrons. The van der Waals surface area contributed by atoms with Gasteiger partial charge in [-0.3, -0.25) is 9.36 Å². The molecule has 0 bridgehead atoms. The van der Waals surface area contributed by atoms with Crippen LogP contribution in [0.2, 0.25) is 0 Å². The van der Waals surface area contributed by atoms with Gasteiger partial charge >= 0.3 is 0 Å². The zero-order chi connectivity index (χ0) is 18.8. The Morgan fingerprint density at radius 1 is 1.11 bits per heavy atom. The number of imidazole rings is 1. The van der Waals surface area contributed by atoms with Gasteiger partial charge < -0.3 is 9.47 Å². The highest BCUT2D eigenvalue weighted by atomic mass is 32.1. The maximum atomic E-state index is 12.2. The van der Waals surface area contributed by atoms with Crippen molar-refractivity contribution < 1.29 is 0 Å². The Bertz CT molecular complexity index is 1110. The van der Waals surface area contributed by atoms with E-state index in [1.807, 2.05) is 32.7 Å². The molecular formula is C21H22N4OS. The highest BCUT2D eigenvalue weighted by Gasteiger charge is 2.08. The maximum Gasteiger partial charge on any atom is 0.250 e. The number of aromatic nitrogens is 3. The fourth-order valence-electron chi connectivity index (χ4n) is 3.23. The first kappa shape index (κ1) is 17.7. The van der Waals surface area contributed by atoms with Crippen molar-refractivity contribution in [1.82, 2.24) is 19.0 Å². The lowest BCUT2D eigenvalue weighted by atomic mass is 10.1. The van der Waals surface area contributed by atoms with E-state index in [-0.39, 0.29) is 5.56 Å². The first-order chi connectivity index (χ1) is 13.1. The molecule has 0 aliphatic carbocycles. The van der Waals surface area contributed by atoms with Gasteiger partial charge in [0, 0.05) is 24.2 Å². The lowest BCUT2D eigenvalue weighted by molar-refractivity contribution is 0.385. The Kier molecular flexibility index (Phi) is 4.92. The Hall–Kier alpha value is -2.70. The average Bonchev–Trinajstić information content (AvgIpc) is 3.31. The van der Waals surface area contributed by atoms with Gasteiger partial charge in [0.1, 0.15) is 6.33 Å². The second-order valence-electron chi connectivity index (χ2n) is 6.91. The average molecular weight is 379 g/mol. The van der Waals surface area contributed by atoms with Gasteiger partial charge in [-0.25, -0.2) is 4.98 Å². The van der Waals surface area contributed by atoms with Crippen LogP contribution in [0.4, 0.5) is 0 Å². The van der Waals surface area contributed by atoms with Gasteiger partial charge in [0.25, 0.3) is 5.56 Å². The van der Waals surface area contributed by atoms with Crippen molar-refractivity contribution in [3.63, 3.8) is 0 Å². The van der Waals surface area contributed by atoms with Gasteiger partial charge in [-0.15, -0.1) is 0 Å². The summed E-state index contributed by atoms with van der Waals surface area (Å²) < 4.78 is 3.89. The number of hydrogen-bond acceptors (Lipinski definition) is 4. The maximum absolute atomic E-state index is 12.2. The molecule has 4 aromatic rings. The van der Waals surface area contributed by atoms with Gasteiger partial charge in [-0.2, -0.15) is 11.3 Å². The van der Waals surface area contributed by atoms with E-state index in [9.17, 15) is 4.79 Å². The van der Waals surface area contributed by atoms with Gasteiger partial charge in [-0.05, 0) is 67.8 Å². The fourth-order valence-corrected chi connectivity index (χ4v) is 3.85. The van der Waals surface area contributed by atoms with Crippen LogP contribution in [0.25, 0.3) is 27.8 Å². The Morgan fingerprint density at radius 3 is 2.74 bits per heavy atom. The van der Waals surface area contributed by atoms with Crippen molar-refractivity contribution in [2.24, 2.45) is 0 Å². The SMILES string of the molecule is CN(C)CCCn1cc(-c2ccc3c(c2)ncn3-c2ccsc2)ccc1=O. The minimum atomic E-state index is 0.0420. The van der Waals surface area contributed by atoms with Crippen molar-refractivity contribution in [1.29, 1.82) is 0 Å². The van der Waals surface area contributed by atoms with E-state index in [0.29, 0.717) is 0 Å². The Morgan fingerprint density at radius 2 is 1.96 bits per heavy atom. The van der Waals surface area contributed by atoms with Crippen LogP contribution < -0.4 is 5.56 Å². The molecule has 27 heavy (non-hydrogen) atoms. The molecular weight excluding hydrogens is 356 g/mol. The van der Waals surface area contributed by atoms with Crippen molar-refractivity contribution >= 4 is 22.4 Å². The number of fused-ring (bicyclic) bond motifs is 1. The van der Waals surface area contributed by atoms with E-state index in [0.717, 1.165) is 47.4 Å². The Balaban J connectivity index is 1.65. The predicted molar refractivity (Wildman–Crippen MR) is 112 cm³/mol. The zero-order valence-electron chi connectivity index (χ0n) is 15.5. The van der Waals surface area contributed by atoms with Crippen molar-refractivity contribution in [2.45, 2.75) is 13.0 Å². The van der Waals surface area contributed by atoms with E-state index >= 15 is 0 Å². The Labute approximate surface area is 162 Å². The summed E-state index contributed by atoms with van der Waals surface area (Å²) in [4.78, 5) is 18.9. The van der Waals surface area contributed by atoms with Crippen LogP contribution in [0.5, 0.6) is 0 Å². The molecule has 0 unspecified atom stereocenters. The minimum absolute atomic E-state index is 0.0420. The van der Waals surface area contributed by atoms with E-state index in [1.165, 1.54) is 0 Å². The van der Waals surface area contributed by atoms with Crippen LogP contribution in [0.15, 0.2) is 64.5 Å². The molecule has 0 aliphatic rings. The summed E-state index contributed by atoms with van der Waals surface area (Å²) in [5.74, 6) is 0. The number of aryl methyl sites for hydroxylation is 1. The molecule has 0 spiro atoms. The summed E-state index contributed by atoms with van der Waals surface area (Å²) in [6.07, 6.45) is 4.76. The third-order valence-electron chi connectivity index (χ3n) is 4.65. The van der Waals surface area contributed by atoms with Gasteiger partial charge in [0.15, 0.2) is 0 Å². The van der Waals surface area contributed by atoms with Crippen LogP contribution in [0, 0.1) is 0 Å². The number of benzene rings is 1. The summed E-state index contributed by atoms with van der Waals surface area (Å²) in [6, 6.07) is 11.9. The molecule has 0 saturated heterocycles. The smallest absolute Gasteiger partial charge is 0.250 e. The number of thiophene rings is 1. The molecule has 0 amide bonds. The topological polar surface area (TPSA) is 43.1 Å². The number of hydrogen-bond donors (Lipinski definition) is 0. The van der Waals surface area contributed by atoms with Crippen LogP contribution in [-0.2, 0) is 6.54 Å². The molecule has 5 nitrogen and oxygen atoms in total. The fraction of sp³-hybridized carbons (Fsp3) is 0.238. The standard InChI is InChI=1S/C21H22N4OS/c1-23(2)9-3-10-24-13-17(5-7-21(24)26)16-4-6-20-19(12-16)22-15-25(20)18-8-11-27-14-18/h4-8,11-15H,3,9-10H2,1-2H3. The number of rotatable bonds is 6. The molecule has 3 heterocycles. The first-order valence-corrected chi connectivity index (χ1v) is 9.91. The monoisotopic (exact) mass is 378 g/mol. The molecule has 6 heteroatoms. The normalized spacial score (nSPS) is 11.5. The number of nitrogens with zero attached hydrogens (tertiary/aromatic N) is 4. The third kappa shape index (κ3) is 3.72. The minimum Gasteiger partial charge on any atom is -0.315 e. The molecule has 0 atom stereocenters. The van der Waals surface area contributed by atoms with Gasteiger partial charge in [0.2, 0.25) is 0 Å². The van der Waals surface area contributed by atoms with Crippen molar-refractivity contribution in [3.8, 4) is 16.8 Å². The van der Waals surface area contributed by atoms with E-state index in [1.54, 1.807) is 22.0 Å². The number of pyridine rings is 1. The molecule has 0 fully saturated rings. The third-order valence-corrected chi connectivity index (χ3v) is 5.32. The highest BCUT2D eigenvalue weighted by molar-refractivity contribution is 7.08. The predicted octanol–water partition coefficient (Wildman–Crippen LogP) is 3.87. The largest absolute Gasteiger partial charge is 0.315 e. The van der Waals surface area contributed by atoms with Crippen molar-refractivity contribution in [3.05, 3.63) is 70.0 Å². The molecule has 1 aromatic carbocycles. The first-order valence-electron chi connectivity index (χ1n) is 8.97. The van der Waals surface area contributed by atoms with E-state index in [2.05, 4.69) is 49.5 Å². The molecule has 0 aliphatic heterocycles. The quantitative estimate of drug-likeness (QED) is 0.512. The summed E-state index contributed by atoms with van der Waals surface area (Å²) in [5, 5.41) is 4.17. The van der Waals surface area contributed by atoms with Crippen LogP contribution in [0.3, 0.4) is 0 Å².